The van der Waals surface area contributed by atoms with Crippen molar-refractivity contribution >= 4 is 16.5 Å². The number of fused-ring (bicyclic) bond motifs is 1. The van der Waals surface area contributed by atoms with Crippen LogP contribution in [0.2, 0.25) is 0 Å². The van der Waals surface area contributed by atoms with Crippen LogP contribution in [0.1, 0.15) is 11.6 Å². The molecule has 21 heavy (non-hydrogen) atoms. The Kier molecular flexibility index (Phi) is 3.53. The summed E-state index contributed by atoms with van der Waals surface area (Å²) in [7, 11) is 0. The Bertz CT molecular complexity index is 798. The predicted molar refractivity (Wildman–Crippen MR) is 82.3 cm³/mol. The van der Waals surface area contributed by atoms with E-state index in [1.165, 1.54) is 12.1 Å². The molecule has 0 spiro atoms. The molecule has 3 aromatic carbocycles. The summed E-state index contributed by atoms with van der Waals surface area (Å²) < 4.78 is 12.9. The monoisotopic (exact) mass is 276 g/mol. The first-order valence-corrected chi connectivity index (χ1v) is 6.67. The summed E-state index contributed by atoms with van der Waals surface area (Å²) in [6, 6.07) is 21.6. The maximum atomic E-state index is 12.9. The van der Waals surface area contributed by atoms with Crippen LogP contribution in [-0.4, -0.2) is 0 Å². The molecule has 102 valence electrons. The minimum absolute atomic E-state index is 0.292. The summed E-state index contributed by atoms with van der Waals surface area (Å²) in [4.78, 5) is 0. The molecule has 0 heterocycles. The second kappa shape index (κ2) is 5.64. The fraction of sp³-hybridized carbons (Fsp3) is 0.0556. The van der Waals surface area contributed by atoms with Gasteiger partial charge < -0.3 is 5.32 Å². The highest BCUT2D eigenvalue weighted by atomic mass is 19.1. The summed E-state index contributed by atoms with van der Waals surface area (Å²) in [5.41, 5.74) is 1.64. The zero-order valence-electron chi connectivity index (χ0n) is 11.3. The van der Waals surface area contributed by atoms with Crippen molar-refractivity contribution in [2.75, 3.05) is 5.32 Å². The number of benzene rings is 3. The van der Waals surface area contributed by atoms with Gasteiger partial charge in [-0.2, -0.15) is 5.26 Å². The normalized spacial score (nSPS) is 11.8. The lowest BCUT2D eigenvalue weighted by atomic mass is 9.99. The van der Waals surface area contributed by atoms with Crippen molar-refractivity contribution in [2.45, 2.75) is 6.04 Å². The third kappa shape index (κ3) is 2.70. The number of hydrogen-bond acceptors (Lipinski definition) is 2. The molecule has 0 aliphatic heterocycles. The molecule has 0 aromatic heterocycles. The Labute approximate surface area is 122 Å². The van der Waals surface area contributed by atoms with Crippen LogP contribution < -0.4 is 5.32 Å². The van der Waals surface area contributed by atoms with Gasteiger partial charge in [0.15, 0.2) is 0 Å². The summed E-state index contributed by atoms with van der Waals surface area (Å²) in [5, 5.41) is 14.7. The van der Waals surface area contributed by atoms with Crippen LogP contribution in [0, 0.1) is 17.1 Å². The van der Waals surface area contributed by atoms with E-state index in [0.29, 0.717) is 0 Å². The highest BCUT2D eigenvalue weighted by Crippen LogP contribution is 2.26. The fourth-order valence-electron chi connectivity index (χ4n) is 2.39. The van der Waals surface area contributed by atoms with E-state index in [-0.39, 0.29) is 5.82 Å². The van der Waals surface area contributed by atoms with E-state index in [4.69, 9.17) is 0 Å². The van der Waals surface area contributed by atoms with Gasteiger partial charge in [0.05, 0.1) is 6.07 Å². The van der Waals surface area contributed by atoms with Crippen molar-refractivity contribution in [1.29, 1.82) is 5.26 Å². The molecule has 1 atom stereocenters. The quantitative estimate of drug-likeness (QED) is 0.755. The minimum atomic E-state index is -0.485. The zero-order chi connectivity index (χ0) is 14.7. The number of hydrogen-bond donors (Lipinski definition) is 1. The topological polar surface area (TPSA) is 35.8 Å². The molecule has 0 radical (unpaired) electrons. The largest absolute Gasteiger partial charge is 0.366 e. The lowest BCUT2D eigenvalue weighted by Crippen LogP contribution is -2.09. The number of nitrogens with one attached hydrogen (secondary N) is 1. The van der Waals surface area contributed by atoms with Crippen molar-refractivity contribution < 1.29 is 4.39 Å². The van der Waals surface area contributed by atoms with Gasteiger partial charge in [0, 0.05) is 5.69 Å². The molecule has 1 N–H and O–H groups in total. The maximum Gasteiger partial charge on any atom is 0.140 e. The Balaban J connectivity index is 1.99. The van der Waals surface area contributed by atoms with Crippen molar-refractivity contribution in [3.8, 4) is 6.07 Å². The van der Waals surface area contributed by atoms with Gasteiger partial charge >= 0.3 is 0 Å². The molecule has 0 aliphatic carbocycles. The molecule has 0 bridgehead atoms. The Morgan fingerprint density at radius 3 is 2.38 bits per heavy atom. The molecular formula is C18H13FN2. The molecule has 0 amide bonds. The Morgan fingerprint density at radius 1 is 0.905 bits per heavy atom. The van der Waals surface area contributed by atoms with Gasteiger partial charge in [0.1, 0.15) is 11.9 Å². The first-order chi connectivity index (χ1) is 10.3. The second-order valence-electron chi connectivity index (χ2n) is 4.78. The van der Waals surface area contributed by atoms with Crippen LogP contribution in [0.5, 0.6) is 0 Å². The lowest BCUT2D eigenvalue weighted by molar-refractivity contribution is 0.628. The van der Waals surface area contributed by atoms with Crippen LogP contribution in [-0.2, 0) is 0 Å². The van der Waals surface area contributed by atoms with Crippen molar-refractivity contribution in [2.24, 2.45) is 0 Å². The molecule has 1 unspecified atom stereocenters. The smallest absolute Gasteiger partial charge is 0.140 e. The summed E-state index contributed by atoms with van der Waals surface area (Å²) in [6.07, 6.45) is 0. The fourth-order valence-corrected chi connectivity index (χ4v) is 2.39. The SMILES string of the molecule is N#CC(Nc1ccc(F)cc1)c1cccc2ccccc12. The minimum Gasteiger partial charge on any atom is -0.366 e. The second-order valence-corrected chi connectivity index (χ2v) is 4.78. The third-order valence-corrected chi connectivity index (χ3v) is 3.42. The number of rotatable bonds is 3. The zero-order valence-corrected chi connectivity index (χ0v) is 11.3. The van der Waals surface area contributed by atoms with Gasteiger partial charge in [-0.15, -0.1) is 0 Å². The van der Waals surface area contributed by atoms with E-state index in [0.717, 1.165) is 22.0 Å². The van der Waals surface area contributed by atoms with Crippen LogP contribution in [0.3, 0.4) is 0 Å². The van der Waals surface area contributed by atoms with Crippen molar-refractivity contribution in [3.05, 3.63) is 78.1 Å². The van der Waals surface area contributed by atoms with Gasteiger partial charge in [-0.05, 0) is 40.6 Å². The highest BCUT2D eigenvalue weighted by Gasteiger charge is 2.13. The van der Waals surface area contributed by atoms with Gasteiger partial charge in [0.25, 0.3) is 0 Å². The van der Waals surface area contributed by atoms with Gasteiger partial charge in [-0.25, -0.2) is 4.39 Å². The van der Waals surface area contributed by atoms with Gasteiger partial charge in [-0.1, -0.05) is 42.5 Å². The summed E-state index contributed by atoms with van der Waals surface area (Å²) in [6.45, 7) is 0. The number of halogens is 1. The van der Waals surface area contributed by atoms with Crippen LogP contribution in [0.15, 0.2) is 66.7 Å². The third-order valence-electron chi connectivity index (χ3n) is 3.42. The molecule has 0 saturated heterocycles. The molecule has 2 nitrogen and oxygen atoms in total. The Morgan fingerprint density at radius 2 is 1.62 bits per heavy atom. The molecule has 0 fully saturated rings. The molecule has 3 rings (SSSR count). The number of nitriles is 1. The highest BCUT2D eigenvalue weighted by molar-refractivity contribution is 5.86. The molecule has 3 heteroatoms. The van der Waals surface area contributed by atoms with E-state index in [1.54, 1.807) is 12.1 Å². The summed E-state index contributed by atoms with van der Waals surface area (Å²) in [5.74, 6) is -0.292. The van der Waals surface area contributed by atoms with Gasteiger partial charge in [0.2, 0.25) is 0 Å². The van der Waals surface area contributed by atoms with Crippen molar-refractivity contribution in [1.82, 2.24) is 0 Å². The van der Waals surface area contributed by atoms with E-state index in [9.17, 15) is 9.65 Å². The molecule has 0 aliphatic rings. The first-order valence-electron chi connectivity index (χ1n) is 6.67. The lowest BCUT2D eigenvalue weighted by Gasteiger charge is -2.15. The maximum absolute atomic E-state index is 12.9. The van der Waals surface area contributed by atoms with Crippen LogP contribution in [0.4, 0.5) is 10.1 Å². The van der Waals surface area contributed by atoms with E-state index >= 15 is 0 Å². The molecule has 3 aromatic rings. The number of anilines is 1. The molecule has 0 saturated carbocycles. The van der Waals surface area contributed by atoms with E-state index in [2.05, 4.69) is 11.4 Å². The van der Waals surface area contributed by atoms with E-state index < -0.39 is 6.04 Å². The molecular weight excluding hydrogens is 263 g/mol. The number of nitrogens with zero attached hydrogens (tertiary/aromatic N) is 1. The average molecular weight is 276 g/mol. The van der Waals surface area contributed by atoms with Crippen LogP contribution in [0.25, 0.3) is 10.8 Å². The average Bonchev–Trinajstić information content (AvgIpc) is 2.54. The van der Waals surface area contributed by atoms with Gasteiger partial charge in [-0.3, -0.25) is 0 Å². The van der Waals surface area contributed by atoms with Crippen LogP contribution >= 0.6 is 0 Å². The summed E-state index contributed by atoms with van der Waals surface area (Å²) >= 11 is 0. The Hall–Kier alpha value is -2.86. The standard InChI is InChI=1S/C18H13FN2/c19-14-8-10-15(11-9-14)21-18(12-20)17-7-3-5-13-4-1-2-6-16(13)17/h1-11,18,21H. The van der Waals surface area contributed by atoms with E-state index in [1.807, 2.05) is 42.5 Å². The van der Waals surface area contributed by atoms with Crippen molar-refractivity contribution in [3.63, 3.8) is 0 Å². The predicted octanol–water partition coefficient (Wildman–Crippen LogP) is 4.66. The first kappa shape index (κ1) is 13.1.